The first-order valence-electron chi connectivity index (χ1n) is 10.8. The van der Waals surface area contributed by atoms with E-state index >= 15 is 0 Å². The van der Waals surface area contributed by atoms with Gasteiger partial charge in [0.2, 0.25) is 0 Å². The van der Waals surface area contributed by atoms with E-state index in [-0.39, 0.29) is 23.6 Å². The highest BCUT2D eigenvalue weighted by molar-refractivity contribution is 5.91. The maximum atomic E-state index is 10.7. The Morgan fingerprint density at radius 1 is 0.867 bits per heavy atom. The monoisotopic (exact) mass is 402 g/mol. The van der Waals surface area contributed by atoms with Crippen molar-refractivity contribution >= 4 is 27.5 Å². The van der Waals surface area contributed by atoms with Crippen LogP contribution in [0.25, 0.3) is 21.8 Å². The molecule has 0 bridgehead atoms. The number of anilines is 1. The molecule has 0 unspecified atom stereocenters. The van der Waals surface area contributed by atoms with Crippen LogP contribution in [0.5, 0.6) is 11.5 Å². The molecular formula is C24H26N4O2. The summed E-state index contributed by atoms with van der Waals surface area (Å²) in [5.74, 6) is 0.573. The first kappa shape index (κ1) is 17.7. The molecule has 0 aliphatic heterocycles. The number of nitrogens with one attached hydrogen (secondary N) is 3. The highest BCUT2D eigenvalue weighted by Gasteiger charge is 2.25. The van der Waals surface area contributed by atoms with E-state index in [1.54, 1.807) is 6.07 Å². The number of fused-ring (bicyclic) bond motifs is 6. The molecule has 154 valence electrons. The fourth-order valence-corrected chi connectivity index (χ4v) is 5.35. The molecule has 6 heteroatoms. The van der Waals surface area contributed by atoms with E-state index < -0.39 is 0 Å². The summed E-state index contributed by atoms with van der Waals surface area (Å²) in [4.78, 5) is 7.03. The van der Waals surface area contributed by atoms with Crippen LogP contribution in [0.3, 0.4) is 0 Å². The average molecular weight is 402 g/mol. The van der Waals surface area contributed by atoms with Crippen LogP contribution >= 0.6 is 0 Å². The molecule has 2 aliphatic carbocycles. The molecular weight excluding hydrogens is 376 g/mol. The minimum Gasteiger partial charge on any atom is -0.508 e. The molecule has 4 aromatic rings. The van der Waals surface area contributed by atoms with Gasteiger partial charge in [-0.3, -0.25) is 0 Å². The molecule has 30 heavy (non-hydrogen) atoms. The first-order valence-corrected chi connectivity index (χ1v) is 10.8. The summed E-state index contributed by atoms with van der Waals surface area (Å²) in [6.45, 7) is 0. The summed E-state index contributed by atoms with van der Waals surface area (Å²) in [7, 11) is 0. The van der Waals surface area contributed by atoms with Gasteiger partial charge < -0.3 is 31.2 Å². The molecule has 6 rings (SSSR count). The zero-order chi connectivity index (χ0) is 20.4. The Morgan fingerprint density at radius 2 is 1.60 bits per heavy atom. The van der Waals surface area contributed by atoms with Crippen molar-refractivity contribution in [2.75, 3.05) is 5.32 Å². The van der Waals surface area contributed by atoms with E-state index in [0.29, 0.717) is 0 Å². The molecule has 7 N–H and O–H groups in total. The largest absolute Gasteiger partial charge is 0.508 e. The minimum atomic E-state index is 0.198. The molecule has 6 nitrogen and oxygen atoms in total. The lowest BCUT2D eigenvalue weighted by atomic mass is 9.91. The Kier molecular flexibility index (Phi) is 3.80. The van der Waals surface area contributed by atoms with Crippen LogP contribution in [0, 0.1) is 0 Å². The van der Waals surface area contributed by atoms with Crippen LogP contribution in [0.2, 0.25) is 0 Å². The maximum Gasteiger partial charge on any atom is 0.139 e. The lowest BCUT2D eigenvalue weighted by molar-refractivity contribution is 0.476. The summed E-state index contributed by atoms with van der Waals surface area (Å²) < 4.78 is 0. The number of hydrogen-bond acceptors (Lipinski definition) is 4. The summed E-state index contributed by atoms with van der Waals surface area (Å²) in [5.41, 5.74) is 14.1. The van der Waals surface area contributed by atoms with Gasteiger partial charge in [-0.2, -0.15) is 0 Å². The second-order valence-corrected chi connectivity index (χ2v) is 8.90. The normalized spacial score (nSPS) is 21.0. The van der Waals surface area contributed by atoms with E-state index in [1.165, 1.54) is 22.5 Å². The molecule has 2 heterocycles. The third kappa shape index (κ3) is 2.75. The van der Waals surface area contributed by atoms with Crippen molar-refractivity contribution in [3.8, 4) is 11.5 Å². The number of H-pyrrole nitrogens is 2. The molecule has 0 saturated carbocycles. The number of aryl methyl sites for hydroxylation is 2. The SMILES string of the molecule is N[C@H]1CCc2[nH]c3cc(N[C@@H]4CCc5[nH]c6ccc(O)cc6c5C4)c(O)cc3c2C1. The van der Waals surface area contributed by atoms with Gasteiger partial charge in [0.25, 0.3) is 0 Å². The molecule has 0 saturated heterocycles. The van der Waals surface area contributed by atoms with Crippen LogP contribution < -0.4 is 11.1 Å². The molecule has 2 atom stereocenters. The first-order chi connectivity index (χ1) is 14.5. The van der Waals surface area contributed by atoms with Crippen molar-refractivity contribution in [3.63, 3.8) is 0 Å². The fraction of sp³-hybridized carbons (Fsp3) is 0.333. The van der Waals surface area contributed by atoms with Crippen molar-refractivity contribution in [1.29, 1.82) is 0 Å². The van der Waals surface area contributed by atoms with Crippen molar-refractivity contribution in [2.45, 2.75) is 50.6 Å². The predicted octanol–water partition coefficient (Wildman–Crippen LogP) is 3.85. The second kappa shape index (κ2) is 6.44. The Balaban J connectivity index is 1.31. The third-order valence-electron chi connectivity index (χ3n) is 6.87. The molecule has 0 spiro atoms. The van der Waals surface area contributed by atoms with Gasteiger partial charge in [0.1, 0.15) is 11.5 Å². The predicted molar refractivity (Wildman–Crippen MR) is 119 cm³/mol. The fourth-order valence-electron chi connectivity index (χ4n) is 5.35. The number of rotatable bonds is 2. The molecule has 0 fully saturated rings. The summed E-state index contributed by atoms with van der Waals surface area (Å²) in [6.07, 6.45) is 5.61. The number of hydrogen-bond donors (Lipinski definition) is 6. The van der Waals surface area contributed by atoms with Gasteiger partial charge in [-0.15, -0.1) is 0 Å². The summed E-state index contributed by atoms with van der Waals surface area (Å²) in [6, 6.07) is 9.82. The van der Waals surface area contributed by atoms with E-state index in [0.717, 1.165) is 66.0 Å². The topological polar surface area (TPSA) is 110 Å². The van der Waals surface area contributed by atoms with Gasteiger partial charge in [0.15, 0.2) is 0 Å². The average Bonchev–Trinajstić information content (AvgIpc) is 3.25. The number of benzene rings is 2. The van der Waals surface area contributed by atoms with Crippen LogP contribution in [0.4, 0.5) is 5.69 Å². The molecule has 0 amide bonds. The van der Waals surface area contributed by atoms with Gasteiger partial charge in [0, 0.05) is 45.3 Å². The molecule has 2 aliphatic rings. The smallest absolute Gasteiger partial charge is 0.139 e. The van der Waals surface area contributed by atoms with Crippen molar-refractivity contribution in [3.05, 3.63) is 52.8 Å². The Bertz CT molecular complexity index is 1290. The lowest BCUT2D eigenvalue weighted by Crippen LogP contribution is -2.27. The van der Waals surface area contributed by atoms with Crippen LogP contribution in [-0.4, -0.2) is 32.3 Å². The summed E-state index contributed by atoms with van der Waals surface area (Å²) >= 11 is 0. The highest BCUT2D eigenvalue weighted by Crippen LogP contribution is 2.37. The number of phenols is 2. The lowest BCUT2D eigenvalue weighted by Gasteiger charge is -2.25. The van der Waals surface area contributed by atoms with Crippen molar-refractivity contribution < 1.29 is 10.2 Å². The number of aromatic amines is 2. The van der Waals surface area contributed by atoms with Gasteiger partial charge >= 0.3 is 0 Å². The van der Waals surface area contributed by atoms with Crippen LogP contribution in [-0.2, 0) is 25.7 Å². The number of phenolic OH excluding ortho intramolecular Hbond substituents is 2. The van der Waals surface area contributed by atoms with E-state index in [1.807, 2.05) is 24.3 Å². The zero-order valence-corrected chi connectivity index (χ0v) is 16.8. The van der Waals surface area contributed by atoms with E-state index in [4.69, 9.17) is 5.73 Å². The third-order valence-corrected chi connectivity index (χ3v) is 6.87. The van der Waals surface area contributed by atoms with Gasteiger partial charge in [-0.05, 0) is 80.0 Å². The standard InChI is InChI=1S/C24H26N4O2/c25-12-1-4-19-15(7-12)18-10-24(30)23(11-22(18)28-19)26-13-2-5-20-16(8-13)17-9-14(29)3-6-21(17)27-20/h3,6,9-13,26-30H,1-2,4-5,7-8,25H2/t12-,13+/m0/s1. The Morgan fingerprint density at radius 3 is 2.47 bits per heavy atom. The molecule has 0 radical (unpaired) electrons. The van der Waals surface area contributed by atoms with Crippen LogP contribution in [0.15, 0.2) is 30.3 Å². The Labute approximate surface area is 174 Å². The highest BCUT2D eigenvalue weighted by atomic mass is 16.3. The number of aromatic hydroxyl groups is 2. The van der Waals surface area contributed by atoms with Crippen molar-refractivity contribution in [2.24, 2.45) is 5.73 Å². The van der Waals surface area contributed by atoms with Crippen molar-refractivity contribution in [1.82, 2.24) is 9.97 Å². The second-order valence-electron chi connectivity index (χ2n) is 8.90. The minimum absolute atomic E-state index is 0.198. The van der Waals surface area contributed by atoms with E-state index in [2.05, 4.69) is 15.3 Å². The van der Waals surface area contributed by atoms with Crippen LogP contribution in [0.1, 0.15) is 35.4 Å². The zero-order valence-electron chi connectivity index (χ0n) is 16.8. The number of nitrogens with two attached hydrogens (primary N) is 1. The Hall–Kier alpha value is -3.12. The number of aromatic nitrogens is 2. The maximum absolute atomic E-state index is 10.7. The van der Waals surface area contributed by atoms with E-state index in [9.17, 15) is 10.2 Å². The van der Waals surface area contributed by atoms with Gasteiger partial charge in [0.05, 0.1) is 5.69 Å². The quantitative estimate of drug-likeness (QED) is 0.286. The van der Waals surface area contributed by atoms with Gasteiger partial charge in [-0.1, -0.05) is 0 Å². The summed E-state index contributed by atoms with van der Waals surface area (Å²) in [5, 5.41) is 26.4. The molecule has 2 aromatic carbocycles. The van der Waals surface area contributed by atoms with Gasteiger partial charge in [-0.25, -0.2) is 0 Å². The molecule has 2 aromatic heterocycles.